The molecular weight excluding hydrogens is 544 g/mol. The van der Waals surface area contributed by atoms with Gasteiger partial charge in [-0.1, -0.05) is 72.1 Å². The first-order valence-electron chi connectivity index (χ1n) is 8.13. The van der Waals surface area contributed by atoms with Gasteiger partial charge in [0, 0.05) is 16.0 Å². The summed E-state index contributed by atoms with van der Waals surface area (Å²) in [7, 11) is 0. The second-order valence-electron chi connectivity index (χ2n) is 5.31. The van der Waals surface area contributed by atoms with Crippen molar-refractivity contribution in [3.63, 3.8) is 0 Å². The fourth-order valence-electron chi connectivity index (χ4n) is 2.33. The van der Waals surface area contributed by atoms with Crippen molar-refractivity contribution in [1.29, 1.82) is 0 Å². The molecule has 0 saturated carbocycles. The van der Waals surface area contributed by atoms with E-state index in [1.165, 1.54) is 0 Å². The number of rotatable bonds is 3. The van der Waals surface area contributed by atoms with E-state index in [4.69, 9.17) is 0 Å². The van der Waals surface area contributed by atoms with Crippen molar-refractivity contribution in [3.8, 4) is 0 Å². The van der Waals surface area contributed by atoms with Gasteiger partial charge in [0.2, 0.25) is 0 Å². The zero-order chi connectivity index (χ0) is 19.6. The zero-order valence-electron chi connectivity index (χ0n) is 14.3. The lowest BCUT2D eigenvalue weighted by Gasteiger charge is -1.93. The molecule has 2 aromatic heterocycles. The van der Waals surface area contributed by atoms with Gasteiger partial charge in [-0.3, -0.25) is 29.6 Å². The van der Waals surface area contributed by atoms with E-state index in [1.54, 1.807) is 10.7 Å². The van der Waals surface area contributed by atoms with E-state index < -0.39 is 0 Å². The van der Waals surface area contributed by atoms with Gasteiger partial charge >= 0.3 is 0 Å². The Morgan fingerprint density at radius 2 is 1.33 bits per heavy atom. The van der Waals surface area contributed by atoms with E-state index in [0.717, 1.165) is 32.4 Å². The van der Waals surface area contributed by atoms with E-state index in [2.05, 4.69) is 63.1 Å². The Kier molecular flexibility index (Phi) is 9.09. The molecule has 2 heterocycles. The maximum atomic E-state index is 11.6. The second-order valence-corrected chi connectivity index (χ2v) is 7.68. The molecule has 0 spiro atoms. The first-order valence-corrected chi connectivity index (χ1v) is 11.5. The molecule has 4 rings (SSSR count). The molecule has 4 aromatic rings. The van der Waals surface area contributed by atoms with Gasteiger partial charge in [-0.25, -0.2) is 0 Å². The molecule has 0 radical (unpaired) electrons. The molecule has 0 fully saturated rings. The highest BCUT2D eigenvalue weighted by molar-refractivity contribution is 9.12. The lowest BCUT2D eigenvalue weighted by Crippen LogP contribution is -2.16. The van der Waals surface area contributed by atoms with Gasteiger partial charge in [0.25, 0.3) is 11.1 Å². The molecule has 9 heteroatoms. The van der Waals surface area contributed by atoms with Crippen LogP contribution in [0, 0.1) is 0 Å². The van der Waals surface area contributed by atoms with Crippen LogP contribution in [0.3, 0.4) is 0 Å². The van der Waals surface area contributed by atoms with Crippen molar-refractivity contribution < 1.29 is 0 Å². The maximum Gasteiger partial charge on any atom is 0.274 e. The number of halogens is 3. The number of hydrogen-bond donors (Lipinski definition) is 3. The Labute approximate surface area is 180 Å². The van der Waals surface area contributed by atoms with Crippen LogP contribution in [0.4, 0.5) is 0 Å². The van der Waals surface area contributed by atoms with Crippen molar-refractivity contribution in [1.82, 2.24) is 20.0 Å². The second kappa shape index (κ2) is 11.3. The van der Waals surface area contributed by atoms with Gasteiger partial charge in [0.05, 0.1) is 28.4 Å². The summed E-state index contributed by atoms with van der Waals surface area (Å²) >= 11 is 9.70. The van der Waals surface area contributed by atoms with Gasteiger partial charge < -0.3 is 0 Å². The van der Waals surface area contributed by atoms with Crippen LogP contribution in [0.25, 0.3) is 21.8 Å². The number of H-pyrrole nitrogens is 3. The molecule has 0 unspecified atom stereocenters. The summed E-state index contributed by atoms with van der Waals surface area (Å²) in [6, 6.07) is 14.9. The third kappa shape index (κ3) is 5.95. The van der Waals surface area contributed by atoms with E-state index in [9.17, 15) is 9.59 Å². The van der Waals surface area contributed by atoms with Crippen LogP contribution in [-0.4, -0.2) is 36.0 Å². The zero-order valence-corrected chi connectivity index (χ0v) is 19.1. The normalized spacial score (nSPS) is 10.2. The number of benzene rings is 2. The number of aromatic nitrogens is 4. The Morgan fingerprint density at radius 1 is 0.741 bits per heavy atom. The Balaban J connectivity index is 0.000000166. The average molecular weight is 563 g/mol. The van der Waals surface area contributed by atoms with Crippen LogP contribution in [-0.2, 0) is 6.54 Å². The number of para-hydroxylation sites is 2. The summed E-state index contributed by atoms with van der Waals surface area (Å²) in [5.74, 6) is 0. The molecule has 0 bridgehead atoms. The van der Waals surface area contributed by atoms with Crippen LogP contribution in [0.15, 0.2) is 58.1 Å². The summed E-state index contributed by atoms with van der Waals surface area (Å²) in [6.07, 6.45) is 0. The van der Waals surface area contributed by atoms with E-state index in [1.807, 2.05) is 42.5 Å². The molecular formula is C18H19Br3N4O2. The molecule has 0 aliphatic heterocycles. The molecule has 0 amide bonds. The van der Waals surface area contributed by atoms with Gasteiger partial charge in [0.15, 0.2) is 0 Å². The smallest absolute Gasteiger partial charge is 0.274 e. The maximum absolute atomic E-state index is 11.6. The lowest BCUT2D eigenvalue weighted by atomic mass is 10.3. The van der Waals surface area contributed by atoms with Gasteiger partial charge in [-0.05, 0) is 24.3 Å². The number of nitrogens with one attached hydrogen (secondary N) is 3. The van der Waals surface area contributed by atoms with Gasteiger partial charge in [-0.2, -0.15) is 0 Å². The van der Waals surface area contributed by atoms with Crippen LogP contribution in [0.1, 0.15) is 0 Å². The third-order valence-corrected chi connectivity index (χ3v) is 5.73. The number of hydrogen-bond acceptors (Lipinski definition) is 2. The van der Waals surface area contributed by atoms with Crippen LogP contribution in [0.2, 0.25) is 0 Å². The van der Waals surface area contributed by atoms with Crippen LogP contribution >= 0.6 is 47.8 Å². The summed E-state index contributed by atoms with van der Waals surface area (Å²) < 4.78 is 1.61. The molecule has 27 heavy (non-hydrogen) atoms. The Morgan fingerprint density at radius 3 is 1.89 bits per heavy atom. The minimum absolute atomic E-state index is 0.0510. The van der Waals surface area contributed by atoms with Crippen molar-refractivity contribution >= 4 is 69.6 Å². The van der Waals surface area contributed by atoms with Gasteiger partial charge in [-0.15, -0.1) is 0 Å². The SMILES string of the molecule is BrCCBr.O=c1[nH][nH]c2ccccc12.O=c1c2ccccc2[nH]n1CCBr. The number of alkyl halides is 3. The minimum Gasteiger partial charge on any atom is -0.298 e. The molecule has 0 aliphatic carbocycles. The Bertz CT molecular complexity index is 1080. The molecule has 0 aliphatic rings. The highest BCUT2D eigenvalue weighted by Crippen LogP contribution is 2.05. The molecule has 2 aromatic carbocycles. The quantitative estimate of drug-likeness (QED) is 0.324. The third-order valence-electron chi connectivity index (χ3n) is 3.52. The van der Waals surface area contributed by atoms with Gasteiger partial charge in [0.1, 0.15) is 0 Å². The highest BCUT2D eigenvalue weighted by Gasteiger charge is 2.03. The number of fused-ring (bicyclic) bond motifs is 2. The van der Waals surface area contributed by atoms with E-state index in [-0.39, 0.29) is 11.1 Å². The predicted molar refractivity (Wildman–Crippen MR) is 123 cm³/mol. The summed E-state index contributed by atoms with van der Waals surface area (Å²) in [5.41, 5.74) is 1.74. The molecule has 3 N–H and O–H groups in total. The molecule has 144 valence electrons. The van der Waals surface area contributed by atoms with Crippen LogP contribution < -0.4 is 11.1 Å². The fraction of sp³-hybridized carbons (Fsp3) is 0.222. The number of aromatic amines is 3. The summed E-state index contributed by atoms with van der Waals surface area (Å²) in [4.78, 5) is 22.5. The monoisotopic (exact) mass is 560 g/mol. The Hall–Kier alpha value is -1.58. The van der Waals surface area contributed by atoms with Crippen molar-refractivity contribution in [2.75, 3.05) is 16.0 Å². The van der Waals surface area contributed by atoms with E-state index >= 15 is 0 Å². The molecule has 0 saturated heterocycles. The standard InChI is InChI=1S/C9H9BrN2O.C7H6N2O.C2H4Br2/c10-5-6-12-9(13)7-3-1-2-4-8(7)11-12;10-7-5-3-1-2-4-6(5)8-9-7;3-1-2-4/h1-4,11H,5-6H2;1-4H,(H2,8,9,10);1-2H2. The summed E-state index contributed by atoms with van der Waals surface area (Å²) in [6.45, 7) is 0.674. The summed E-state index contributed by atoms with van der Waals surface area (Å²) in [5, 5.41) is 12.6. The molecule has 0 atom stereocenters. The van der Waals surface area contributed by atoms with E-state index in [0.29, 0.717) is 11.9 Å². The largest absolute Gasteiger partial charge is 0.298 e. The van der Waals surface area contributed by atoms with Crippen molar-refractivity contribution in [3.05, 3.63) is 69.2 Å². The highest BCUT2D eigenvalue weighted by atomic mass is 79.9. The molecule has 6 nitrogen and oxygen atoms in total. The number of nitrogens with zero attached hydrogens (tertiary/aromatic N) is 1. The minimum atomic E-state index is -0.0596. The van der Waals surface area contributed by atoms with Crippen molar-refractivity contribution in [2.45, 2.75) is 6.54 Å². The first-order chi connectivity index (χ1) is 13.1. The van der Waals surface area contributed by atoms with Crippen LogP contribution in [0.5, 0.6) is 0 Å². The lowest BCUT2D eigenvalue weighted by molar-refractivity contribution is 0.655. The first kappa shape index (κ1) is 21.7. The predicted octanol–water partition coefficient (Wildman–Crippen LogP) is 4.36. The fourth-order valence-corrected chi connectivity index (χ4v) is 2.69. The average Bonchev–Trinajstić information content (AvgIpc) is 3.24. The topological polar surface area (TPSA) is 86.4 Å². The number of aryl methyl sites for hydroxylation is 1. The van der Waals surface area contributed by atoms with Crippen molar-refractivity contribution in [2.24, 2.45) is 0 Å².